The molecule has 2 heterocycles. The number of aromatic amines is 1. The monoisotopic (exact) mass is 455 g/mol. The Bertz CT molecular complexity index is 951. The average Bonchev–Trinajstić information content (AvgIpc) is 3.02. The van der Waals surface area contributed by atoms with Crippen LogP contribution in [-0.2, 0) is 4.79 Å². The fourth-order valence-corrected chi connectivity index (χ4v) is 6.01. The molecule has 3 aliphatic rings. The van der Waals surface area contributed by atoms with Crippen LogP contribution in [0.2, 0.25) is 0 Å². The zero-order valence-corrected chi connectivity index (χ0v) is 19.6. The molecule has 180 valence electrons. The van der Waals surface area contributed by atoms with E-state index in [0.29, 0.717) is 29.8 Å². The molecule has 1 aliphatic heterocycles. The van der Waals surface area contributed by atoms with Crippen molar-refractivity contribution >= 4 is 17.8 Å². The molecule has 33 heavy (non-hydrogen) atoms. The summed E-state index contributed by atoms with van der Waals surface area (Å²) < 4.78 is 0. The summed E-state index contributed by atoms with van der Waals surface area (Å²) in [4.78, 5) is 46.2. The van der Waals surface area contributed by atoms with Crippen molar-refractivity contribution in [2.45, 2.75) is 88.6 Å². The highest BCUT2D eigenvalue weighted by Gasteiger charge is 2.48. The summed E-state index contributed by atoms with van der Waals surface area (Å²) in [5.41, 5.74) is 5.42. The first-order valence-electron chi connectivity index (χ1n) is 12.5. The lowest BCUT2D eigenvalue weighted by Crippen LogP contribution is -2.45. The lowest BCUT2D eigenvalue weighted by atomic mass is 9.74. The molecule has 0 saturated heterocycles. The van der Waals surface area contributed by atoms with Crippen molar-refractivity contribution in [1.82, 2.24) is 15.2 Å². The van der Waals surface area contributed by atoms with Gasteiger partial charge in [0.2, 0.25) is 5.56 Å². The average molecular weight is 456 g/mol. The van der Waals surface area contributed by atoms with Gasteiger partial charge in [-0.1, -0.05) is 44.9 Å². The number of nitrogens with two attached hydrogens (primary N) is 1. The number of hydrogen-bond donors (Lipinski definition) is 3. The standard InChI is InChI=1S/C25H37N5O3/c1-30-23(33)25(29-24(30)26,12-10-17-6-3-2-4-7-17)16-18-8-5-9-20(14-18)28-22(32)19-11-13-27-21(31)15-19/h11,13,15,17-18,20H,2-10,12,14,16H2,1H3,(H2,26,29)(H,27,31)(H,28,32)/t18-,20+,25+/m0/s1. The van der Waals surface area contributed by atoms with Crippen molar-refractivity contribution in [1.29, 1.82) is 0 Å². The van der Waals surface area contributed by atoms with Crippen molar-refractivity contribution in [2.75, 3.05) is 7.05 Å². The van der Waals surface area contributed by atoms with Crippen LogP contribution in [0.5, 0.6) is 0 Å². The quantitative estimate of drug-likeness (QED) is 0.585. The summed E-state index contributed by atoms with van der Waals surface area (Å²) in [6.45, 7) is 0. The molecule has 1 aromatic heterocycles. The van der Waals surface area contributed by atoms with Crippen LogP contribution in [0.25, 0.3) is 0 Å². The van der Waals surface area contributed by atoms with E-state index in [1.54, 1.807) is 13.1 Å². The normalized spacial score (nSPS) is 28.6. The van der Waals surface area contributed by atoms with E-state index in [4.69, 9.17) is 10.7 Å². The van der Waals surface area contributed by atoms with E-state index in [9.17, 15) is 14.4 Å². The van der Waals surface area contributed by atoms with Crippen molar-refractivity contribution in [3.05, 3.63) is 34.2 Å². The second-order valence-electron chi connectivity index (χ2n) is 10.3. The van der Waals surface area contributed by atoms with Gasteiger partial charge in [-0.3, -0.25) is 19.3 Å². The lowest BCUT2D eigenvalue weighted by molar-refractivity contribution is -0.131. The van der Waals surface area contributed by atoms with Crippen LogP contribution in [-0.4, -0.2) is 46.3 Å². The molecular weight excluding hydrogens is 418 g/mol. The molecule has 2 saturated carbocycles. The SMILES string of the molecule is CN1C(=O)[C@@](CCC2CCCCC2)(C[C@H]2CCC[C@@H](NC(=O)c3cc[nH]c(=O)c3)C2)N=C1N. The molecule has 8 heteroatoms. The predicted octanol–water partition coefficient (Wildman–Crippen LogP) is 2.94. The maximum Gasteiger partial charge on any atom is 0.257 e. The number of carbonyl (C=O) groups is 2. The number of pyridine rings is 1. The van der Waals surface area contributed by atoms with Gasteiger partial charge in [-0.15, -0.1) is 0 Å². The van der Waals surface area contributed by atoms with E-state index in [1.807, 2.05) is 0 Å². The third-order valence-electron chi connectivity index (χ3n) is 7.85. The summed E-state index contributed by atoms with van der Waals surface area (Å²) in [6, 6.07) is 2.96. The molecular formula is C25H37N5O3. The Kier molecular flexibility index (Phi) is 7.20. The van der Waals surface area contributed by atoms with Gasteiger partial charge < -0.3 is 16.0 Å². The number of guanidine groups is 1. The largest absolute Gasteiger partial charge is 0.369 e. The van der Waals surface area contributed by atoms with Crippen LogP contribution in [0.15, 0.2) is 28.1 Å². The summed E-state index contributed by atoms with van der Waals surface area (Å²) >= 11 is 0. The fraction of sp³-hybridized carbons (Fsp3) is 0.680. The second kappa shape index (κ2) is 10.1. The van der Waals surface area contributed by atoms with E-state index < -0.39 is 5.54 Å². The van der Waals surface area contributed by atoms with Crippen molar-refractivity contribution in [2.24, 2.45) is 22.6 Å². The molecule has 0 unspecified atom stereocenters. The highest BCUT2D eigenvalue weighted by atomic mass is 16.2. The Morgan fingerprint density at radius 3 is 2.64 bits per heavy atom. The minimum Gasteiger partial charge on any atom is -0.369 e. The Labute approximate surface area is 195 Å². The Morgan fingerprint density at radius 1 is 1.18 bits per heavy atom. The van der Waals surface area contributed by atoms with Crippen molar-refractivity contribution in [3.63, 3.8) is 0 Å². The summed E-state index contributed by atoms with van der Waals surface area (Å²) in [7, 11) is 1.72. The summed E-state index contributed by atoms with van der Waals surface area (Å²) in [6.07, 6.45) is 14.1. The van der Waals surface area contributed by atoms with Crippen LogP contribution >= 0.6 is 0 Å². The third kappa shape index (κ3) is 5.47. The molecule has 2 fully saturated rings. The van der Waals surface area contributed by atoms with Gasteiger partial charge in [-0.2, -0.15) is 0 Å². The number of nitrogens with zero attached hydrogens (tertiary/aromatic N) is 2. The van der Waals surface area contributed by atoms with Gasteiger partial charge in [0.25, 0.3) is 11.8 Å². The topological polar surface area (TPSA) is 121 Å². The highest BCUT2D eigenvalue weighted by molar-refractivity contribution is 6.06. The van der Waals surface area contributed by atoms with Gasteiger partial charge in [-0.25, -0.2) is 4.99 Å². The lowest BCUT2D eigenvalue weighted by Gasteiger charge is -2.35. The van der Waals surface area contributed by atoms with Crippen LogP contribution in [0.4, 0.5) is 0 Å². The predicted molar refractivity (Wildman–Crippen MR) is 128 cm³/mol. The van der Waals surface area contributed by atoms with E-state index in [0.717, 1.165) is 38.5 Å². The number of aromatic nitrogens is 1. The van der Waals surface area contributed by atoms with E-state index in [2.05, 4.69) is 10.3 Å². The molecule has 0 aromatic carbocycles. The molecule has 0 spiro atoms. The maximum atomic E-state index is 13.3. The minimum atomic E-state index is -0.764. The smallest absolute Gasteiger partial charge is 0.257 e. The van der Waals surface area contributed by atoms with Crippen molar-refractivity contribution < 1.29 is 9.59 Å². The Balaban J connectivity index is 1.41. The molecule has 4 rings (SSSR count). The first-order chi connectivity index (χ1) is 15.9. The van der Waals surface area contributed by atoms with Gasteiger partial charge in [0.15, 0.2) is 5.96 Å². The number of H-pyrrole nitrogens is 1. The highest BCUT2D eigenvalue weighted by Crippen LogP contribution is 2.40. The molecule has 0 bridgehead atoms. The number of nitrogens with one attached hydrogen (secondary N) is 2. The van der Waals surface area contributed by atoms with Gasteiger partial charge in [0.05, 0.1) is 0 Å². The van der Waals surface area contributed by atoms with Crippen LogP contribution in [0, 0.1) is 11.8 Å². The maximum absolute atomic E-state index is 13.3. The Hall–Kier alpha value is -2.64. The van der Waals surface area contributed by atoms with Crippen LogP contribution < -0.4 is 16.6 Å². The van der Waals surface area contributed by atoms with E-state index in [-0.39, 0.29) is 23.4 Å². The summed E-state index contributed by atoms with van der Waals surface area (Å²) in [5, 5.41) is 3.09. The zero-order valence-electron chi connectivity index (χ0n) is 19.6. The molecule has 2 aliphatic carbocycles. The number of aliphatic imine (C=N–C) groups is 1. The minimum absolute atomic E-state index is 0.0190. The zero-order chi connectivity index (χ0) is 23.4. The number of carbonyl (C=O) groups excluding carboxylic acids is 2. The first-order valence-corrected chi connectivity index (χ1v) is 12.5. The third-order valence-corrected chi connectivity index (χ3v) is 7.85. The first kappa shape index (κ1) is 23.5. The van der Waals surface area contributed by atoms with Gasteiger partial charge >= 0.3 is 0 Å². The summed E-state index contributed by atoms with van der Waals surface area (Å²) in [5.74, 6) is 1.08. The molecule has 8 nitrogen and oxygen atoms in total. The number of amides is 2. The Morgan fingerprint density at radius 2 is 1.94 bits per heavy atom. The van der Waals surface area contributed by atoms with E-state index in [1.165, 1.54) is 49.3 Å². The van der Waals surface area contributed by atoms with Crippen LogP contribution in [0.1, 0.15) is 87.4 Å². The number of hydrogen-bond acceptors (Lipinski definition) is 5. The molecule has 1 aromatic rings. The van der Waals surface area contributed by atoms with Crippen molar-refractivity contribution in [3.8, 4) is 0 Å². The van der Waals surface area contributed by atoms with Gasteiger partial charge in [0, 0.05) is 30.9 Å². The molecule has 3 atom stereocenters. The number of rotatable bonds is 7. The number of likely N-dealkylation sites (N-methyl/N-ethyl adjacent to an activating group) is 1. The fourth-order valence-electron chi connectivity index (χ4n) is 6.01. The molecule has 0 radical (unpaired) electrons. The van der Waals surface area contributed by atoms with E-state index >= 15 is 0 Å². The molecule has 2 amide bonds. The van der Waals surface area contributed by atoms with Gasteiger partial charge in [0.1, 0.15) is 5.54 Å². The second-order valence-corrected chi connectivity index (χ2v) is 10.3. The van der Waals surface area contributed by atoms with Gasteiger partial charge in [-0.05, 0) is 50.0 Å². The molecule has 4 N–H and O–H groups in total. The van der Waals surface area contributed by atoms with Crippen LogP contribution in [0.3, 0.4) is 0 Å².